The number of benzene rings is 1. The zero-order chi connectivity index (χ0) is 14.5. The first-order chi connectivity index (χ1) is 9.71. The van der Waals surface area contributed by atoms with E-state index in [1.54, 1.807) is 25.6 Å². The van der Waals surface area contributed by atoms with Crippen molar-refractivity contribution in [1.29, 1.82) is 0 Å². The van der Waals surface area contributed by atoms with Gasteiger partial charge in [-0.3, -0.25) is 0 Å². The van der Waals surface area contributed by atoms with Gasteiger partial charge in [-0.05, 0) is 48.0 Å². The van der Waals surface area contributed by atoms with Gasteiger partial charge in [-0.2, -0.15) is 0 Å². The Kier molecular flexibility index (Phi) is 5.04. The number of rotatable bonds is 6. The van der Waals surface area contributed by atoms with Crippen LogP contribution in [0.5, 0.6) is 11.5 Å². The third-order valence-electron chi connectivity index (χ3n) is 3.46. The van der Waals surface area contributed by atoms with Crippen LogP contribution in [-0.4, -0.2) is 20.8 Å². The fourth-order valence-electron chi connectivity index (χ4n) is 2.30. The zero-order valence-electron chi connectivity index (χ0n) is 12.2. The van der Waals surface area contributed by atoms with E-state index in [2.05, 4.69) is 30.5 Å². The third-order valence-corrected chi connectivity index (χ3v) is 4.36. The summed E-state index contributed by atoms with van der Waals surface area (Å²) in [7, 11) is 3.35. The first-order valence-electron chi connectivity index (χ1n) is 6.71. The third kappa shape index (κ3) is 2.97. The van der Waals surface area contributed by atoms with Gasteiger partial charge in [0.15, 0.2) is 11.5 Å². The average molecular weight is 291 g/mol. The molecule has 0 saturated heterocycles. The maximum Gasteiger partial charge on any atom is 0.169 e. The Morgan fingerprint density at radius 2 is 2.05 bits per heavy atom. The van der Waals surface area contributed by atoms with E-state index in [0.717, 1.165) is 23.5 Å². The molecule has 1 aromatic heterocycles. The monoisotopic (exact) mass is 291 g/mol. The zero-order valence-corrected chi connectivity index (χ0v) is 13.0. The smallest absolute Gasteiger partial charge is 0.169 e. The Morgan fingerprint density at radius 3 is 2.60 bits per heavy atom. The highest BCUT2D eigenvalue weighted by molar-refractivity contribution is 7.13. The van der Waals surface area contributed by atoms with Crippen LogP contribution in [0.15, 0.2) is 29.6 Å². The molecule has 20 heavy (non-hydrogen) atoms. The van der Waals surface area contributed by atoms with Gasteiger partial charge in [0.05, 0.1) is 14.2 Å². The highest BCUT2D eigenvalue weighted by Gasteiger charge is 2.17. The standard InChI is InChI=1S/C16H21NO2S/c1-11(6-7-17)12-9-13(15-5-4-8-20-15)16(19-3)14(10-12)18-2/h4-5,8-11H,6-7,17H2,1-3H3. The lowest BCUT2D eigenvalue weighted by molar-refractivity contribution is 0.355. The summed E-state index contributed by atoms with van der Waals surface area (Å²) < 4.78 is 11.0. The van der Waals surface area contributed by atoms with Crippen molar-refractivity contribution >= 4 is 11.3 Å². The maximum absolute atomic E-state index is 5.67. The minimum atomic E-state index is 0.401. The molecule has 2 rings (SSSR count). The van der Waals surface area contributed by atoms with Crippen LogP contribution in [0.3, 0.4) is 0 Å². The average Bonchev–Trinajstić information content (AvgIpc) is 3.00. The molecule has 1 aromatic carbocycles. The van der Waals surface area contributed by atoms with Gasteiger partial charge in [0.2, 0.25) is 0 Å². The van der Waals surface area contributed by atoms with Gasteiger partial charge in [0.1, 0.15) is 0 Å². The van der Waals surface area contributed by atoms with Crippen LogP contribution in [0.2, 0.25) is 0 Å². The van der Waals surface area contributed by atoms with Crippen LogP contribution in [0.25, 0.3) is 10.4 Å². The maximum atomic E-state index is 5.67. The number of ether oxygens (including phenoxy) is 2. The van der Waals surface area contributed by atoms with E-state index in [1.807, 2.05) is 6.07 Å². The van der Waals surface area contributed by atoms with Crippen molar-refractivity contribution in [3.8, 4) is 21.9 Å². The molecular formula is C16H21NO2S. The predicted octanol–water partition coefficient (Wildman–Crippen LogP) is 3.88. The highest BCUT2D eigenvalue weighted by atomic mass is 32.1. The van der Waals surface area contributed by atoms with E-state index in [-0.39, 0.29) is 0 Å². The quantitative estimate of drug-likeness (QED) is 0.878. The van der Waals surface area contributed by atoms with Crippen LogP contribution in [-0.2, 0) is 0 Å². The second-order valence-corrected chi connectivity index (χ2v) is 5.71. The first-order valence-corrected chi connectivity index (χ1v) is 7.59. The molecule has 3 nitrogen and oxygen atoms in total. The lowest BCUT2D eigenvalue weighted by Crippen LogP contribution is -2.05. The second-order valence-electron chi connectivity index (χ2n) is 4.76. The molecule has 0 fully saturated rings. The topological polar surface area (TPSA) is 44.5 Å². The van der Waals surface area contributed by atoms with E-state index in [0.29, 0.717) is 12.5 Å². The Bertz CT molecular complexity index is 552. The van der Waals surface area contributed by atoms with Crippen molar-refractivity contribution in [1.82, 2.24) is 0 Å². The van der Waals surface area contributed by atoms with Gasteiger partial charge in [0.25, 0.3) is 0 Å². The van der Waals surface area contributed by atoms with E-state index >= 15 is 0 Å². The molecule has 0 aliphatic heterocycles. The Hall–Kier alpha value is -1.52. The van der Waals surface area contributed by atoms with Crippen LogP contribution in [0, 0.1) is 0 Å². The number of hydrogen-bond acceptors (Lipinski definition) is 4. The van der Waals surface area contributed by atoms with Crippen molar-refractivity contribution in [3.05, 3.63) is 35.2 Å². The summed E-state index contributed by atoms with van der Waals surface area (Å²) >= 11 is 1.70. The molecule has 0 bridgehead atoms. The van der Waals surface area contributed by atoms with E-state index < -0.39 is 0 Å². The molecule has 1 atom stereocenters. The van der Waals surface area contributed by atoms with Crippen LogP contribution < -0.4 is 15.2 Å². The summed E-state index contributed by atoms with van der Waals surface area (Å²) in [6.07, 6.45) is 0.958. The van der Waals surface area contributed by atoms with Gasteiger partial charge in [-0.15, -0.1) is 11.3 Å². The minimum absolute atomic E-state index is 0.401. The molecular weight excluding hydrogens is 270 g/mol. The van der Waals surface area contributed by atoms with Crippen LogP contribution >= 0.6 is 11.3 Å². The molecule has 0 spiro atoms. The van der Waals surface area contributed by atoms with Crippen molar-refractivity contribution in [3.63, 3.8) is 0 Å². The normalized spacial score (nSPS) is 12.2. The van der Waals surface area contributed by atoms with Gasteiger partial charge >= 0.3 is 0 Å². The SMILES string of the molecule is COc1cc(C(C)CCN)cc(-c2cccs2)c1OC. The lowest BCUT2D eigenvalue weighted by atomic mass is 9.95. The fourth-order valence-corrected chi connectivity index (χ4v) is 3.04. The minimum Gasteiger partial charge on any atom is -0.493 e. The Morgan fingerprint density at radius 1 is 1.25 bits per heavy atom. The number of nitrogens with two attached hydrogens (primary N) is 1. The summed E-state index contributed by atoms with van der Waals surface area (Å²) in [5.41, 5.74) is 7.99. The highest BCUT2D eigenvalue weighted by Crippen LogP contribution is 2.42. The Labute approximate surface area is 124 Å². The van der Waals surface area contributed by atoms with Gasteiger partial charge < -0.3 is 15.2 Å². The van der Waals surface area contributed by atoms with E-state index in [4.69, 9.17) is 15.2 Å². The summed E-state index contributed by atoms with van der Waals surface area (Å²) in [6, 6.07) is 8.38. The fraction of sp³-hybridized carbons (Fsp3) is 0.375. The van der Waals surface area contributed by atoms with Crippen LogP contribution in [0.4, 0.5) is 0 Å². The van der Waals surface area contributed by atoms with Gasteiger partial charge in [-0.1, -0.05) is 13.0 Å². The van der Waals surface area contributed by atoms with Gasteiger partial charge in [0, 0.05) is 10.4 Å². The summed E-state index contributed by atoms with van der Waals surface area (Å²) in [5, 5.41) is 2.07. The van der Waals surface area contributed by atoms with Gasteiger partial charge in [-0.25, -0.2) is 0 Å². The number of thiophene rings is 1. The molecule has 0 aliphatic carbocycles. The molecule has 0 radical (unpaired) electrons. The van der Waals surface area contributed by atoms with E-state index in [9.17, 15) is 0 Å². The number of methoxy groups -OCH3 is 2. The first kappa shape index (κ1) is 14.9. The molecule has 4 heteroatoms. The Balaban J connectivity index is 2.55. The molecule has 0 saturated carbocycles. The lowest BCUT2D eigenvalue weighted by Gasteiger charge is -2.17. The van der Waals surface area contributed by atoms with Crippen molar-refractivity contribution in [2.45, 2.75) is 19.3 Å². The molecule has 1 unspecified atom stereocenters. The molecule has 0 amide bonds. The van der Waals surface area contributed by atoms with Crippen molar-refractivity contribution in [2.75, 3.05) is 20.8 Å². The van der Waals surface area contributed by atoms with Crippen LogP contribution in [0.1, 0.15) is 24.8 Å². The summed E-state index contributed by atoms with van der Waals surface area (Å²) in [5.74, 6) is 1.97. The molecule has 2 N–H and O–H groups in total. The van der Waals surface area contributed by atoms with Crippen molar-refractivity contribution in [2.24, 2.45) is 5.73 Å². The molecule has 108 valence electrons. The van der Waals surface area contributed by atoms with E-state index in [1.165, 1.54) is 10.4 Å². The molecule has 0 aliphatic rings. The largest absolute Gasteiger partial charge is 0.493 e. The second kappa shape index (κ2) is 6.77. The predicted molar refractivity (Wildman–Crippen MR) is 84.9 cm³/mol. The van der Waals surface area contributed by atoms with Crippen molar-refractivity contribution < 1.29 is 9.47 Å². The summed E-state index contributed by atoms with van der Waals surface area (Å²) in [6.45, 7) is 2.87. The number of hydrogen-bond donors (Lipinski definition) is 1. The molecule has 1 heterocycles. The molecule has 2 aromatic rings. The summed E-state index contributed by atoms with van der Waals surface area (Å²) in [4.78, 5) is 1.18.